The van der Waals surface area contributed by atoms with Gasteiger partial charge in [-0.2, -0.15) is 0 Å². The second-order valence-electron chi connectivity index (χ2n) is 8.74. The molecule has 194 valence electrons. The summed E-state index contributed by atoms with van der Waals surface area (Å²) < 4.78 is 43.6. The first-order valence-electron chi connectivity index (χ1n) is 11.7. The van der Waals surface area contributed by atoms with Crippen molar-refractivity contribution in [3.63, 3.8) is 0 Å². The maximum atomic E-state index is 14.0. The monoisotopic (exact) mass is 525 g/mol. The molecule has 10 heteroatoms. The number of nitrogens with one attached hydrogen (secondary N) is 1. The van der Waals surface area contributed by atoms with E-state index in [-0.39, 0.29) is 10.8 Å². The number of ether oxygens (including phenoxy) is 1. The normalized spacial score (nSPS) is 14.7. The molecule has 0 bridgehead atoms. The van der Waals surface area contributed by atoms with E-state index < -0.39 is 27.6 Å². The summed E-state index contributed by atoms with van der Waals surface area (Å²) in [6, 6.07) is 17.7. The average Bonchev–Trinajstić information content (AvgIpc) is 2.91. The lowest BCUT2D eigenvalue weighted by atomic mass is 10.0. The molecule has 1 N–H and O–H groups in total. The SMILES string of the molecule is COc1ccc(C(=O)NC(C(=O)N2CCN(c3ccccc3S(C)(=O)=O)CC2)c2cccc(F)c2)cc1. The molecule has 37 heavy (non-hydrogen) atoms. The van der Waals surface area contributed by atoms with Crippen LogP contribution in [0.5, 0.6) is 5.75 Å². The third-order valence-corrected chi connectivity index (χ3v) is 7.40. The summed E-state index contributed by atoms with van der Waals surface area (Å²) in [6.07, 6.45) is 1.17. The molecule has 0 aromatic heterocycles. The predicted octanol–water partition coefficient (Wildman–Crippen LogP) is 3.06. The fourth-order valence-electron chi connectivity index (χ4n) is 4.31. The van der Waals surface area contributed by atoms with E-state index in [1.807, 2.05) is 4.90 Å². The second-order valence-corrected chi connectivity index (χ2v) is 10.7. The number of rotatable bonds is 7. The number of nitrogens with zero attached hydrogens (tertiary/aromatic N) is 2. The number of methoxy groups -OCH3 is 1. The molecule has 1 fully saturated rings. The van der Waals surface area contributed by atoms with Crippen LogP contribution in [0.4, 0.5) is 10.1 Å². The summed E-state index contributed by atoms with van der Waals surface area (Å²) in [5.74, 6) is -0.782. The molecule has 2 amide bonds. The molecule has 1 atom stereocenters. The molecule has 3 aromatic carbocycles. The second kappa shape index (κ2) is 11.0. The Balaban J connectivity index is 1.53. The van der Waals surface area contributed by atoms with E-state index in [2.05, 4.69) is 5.32 Å². The van der Waals surface area contributed by atoms with Gasteiger partial charge in [0.05, 0.1) is 17.7 Å². The van der Waals surface area contributed by atoms with E-state index in [9.17, 15) is 22.4 Å². The van der Waals surface area contributed by atoms with Crippen LogP contribution in [0, 0.1) is 5.82 Å². The molecule has 1 saturated heterocycles. The molecule has 0 spiro atoms. The van der Waals surface area contributed by atoms with Crippen LogP contribution < -0.4 is 15.0 Å². The summed E-state index contributed by atoms with van der Waals surface area (Å²) in [6.45, 7) is 1.42. The molecule has 0 saturated carbocycles. The number of anilines is 1. The summed E-state index contributed by atoms with van der Waals surface area (Å²) >= 11 is 0. The van der Waals surface area contributed by atoms with Gasteiger partial charge in [-0.25, -0.2) is 12.8 Å². The van der Waals surface area contributed by atoms with Crippen LogP contribution >= 0.6 is 0 Å². The fourth-order valence-corrected chi connectivity index (χ4v) is 5.22. The largest absolute Gasteiger partial charge is 0.497 e. The summed E-state index contributed by atoms with van der Waals surface area (Å²) in [7, 11) is -1.90. The van der Waals surface area contributed by atoms with Gasteiger partial charge in [-0.15, -0.1) is 0 Å². The lowest BCUT2D eigenvalue weighted by Crippen LogP contribution is -2.52. The molecule has 1 heterocycles. The van der Waals surface area contributed by atoms with Gasteiger partial charge in [0, 0.05) is 38.0 Å². The minimum absolute atomic E-state index is 0.235. The molecular weight excluding hydrogens is 497 g/mol. The standard InChI is InChI=1S/C27H28FN3O5S/c1-36-22-12-10-19(11-13-22)26(32)29-25(20-6-5-7-21(28)18-20)27(33)31-16-14-30(15-17-31)23-8-3-4-9-24(23)37(2,34)35/h3-13,18,25H,14-17H2,1-2H3,(H,29,32). The van der Waals surface area contributed by atoms with Crippen LogP contribution in [0.2, 0.25) is 0 Å². The van der Waals surface area contributed by atoms with Crippen molar-refractivity contribution in [3.05, 3.63) is 89.7 Å². The minimum Gasteiger partial charge on any atom is -0.497 e. The number of sulfone groups is 1. The Morgan fingerprint density at radius 2 is 1.62 bits per heavy atom. The van der Waals surface area contributed by atoms with Crippen molar-refractivity contribution in [1.29, 1.82) is 0 Å². The zero-order valence-corrected chi connectivity index (χ0v) is 21.4. The first kappa shape index (κ1) is 26.2. The van der Waals surface area contributed by atoms with Crippen LogP contribution in [0.1, 0.15) is 22.0 Å². The van der Waals surface area contributed by atoms with Crippen LogP contribution in [-0.2, 0) is 14.6 Å². The molecule has 1 unspecified atom stereocenters. The average molecular weight is 526 g/mol. The zero-order chi connectivity index (χ0) is 26.6. The Morgan fingerprint density at radius 1 is 0.946 bits per heavy atom. The van der Waals surface area contributed by atoms with Crippen molar-refractivity contribution in [2.75, 3.05) is 44.4 Å². The highest BCUT2D eigenvalue weighted by Crippen LogP contribution is 2.27. The van der Waals surface area contributed by atoms with Gasteiger partial charge in [0.1, 0.15) is 17.6 Å². The number of para-hydroxylation sites is 1. The van der Waals surface area contributed by atoms with E-state index in [4.69, 9.17) is 4.74 Å². The van der Waals surface area contributed by atoms with Crippen LogP contribution in [0.25, 0.3) is 0 Å². The van der Waals surface area contributed by atoms with Gasteiger partial charge in [0.2, 0.25) is 5.91 Å². The van der Waals surface area contributed by atoms with Crippen molar-refractivity contribution in [1.82, 2.24) is 10.2 Å². The van der Waals surface area contributed by atoms with E-state index in [0.717, 1.165) is 0 Å². The Hall–Kier alpha value is -3.92. The molecule has 0 aliphatic carbocycles. The van der Waals surface area contributed by atoms with Crippen molar-refractivity contribution < 1.29 is 27.1 Å². The van der Waals surface area contributed by atoms with Gasteiger partial charge in [-0.1, -0.05) is 24.3 Å². The number of hydrogen-bond donors (Lipinski definition) is 1. The van der Waals surface area contributed by atoms with Crippen molar-refractivity contribution >= 4 is 27.3 Å². The molecular formula is C27H28FN3O5S. The van der Waals surface area contributed by atoms with Crippen molar-refractivity contribution in [3.8, 4) is 5.75 Å². The molecule has 4 rings (SSSR count). The van der Waals surface area contributed by atoms with E-state index in [0.29, 0.717) is 48.7 Å². The third kappa shape index (κ3) is 6.08. The lowest BCUT2D eigenvalue weighted by Gasteiger charge is -2.38. The highest BCUT2D eigenvalue weighted by molar-refractivity contribution is 7.90. The Kier molecular flexibility index (Phi) is 7.77. The Morgan fingerprint density at radius 3 is 2.24 bits per heavy atom. The summed E-state index contributed by atoms with van der Waals surface area (Å²) in [5.41, 5.74) is 1.25. The van der Waals surface area contributed by atoms with Gasteiger partial charge in [-0.3, -0.25) is 9.59 Å². The predicted molar refractivity (Wildman–Crippen MR) is 138 cm³/mol. The van der Waals surface area contributed by atoms with Crippen LogP contribution in [0.3, 0.4) is 0 Å². The van der Waals surface area contributed by atoms with Gasteiger partial charge < -0.3 is 19.9 Å². The van der Waals surface area contributed by atoms with Gasteiger partial charge >= 0.3 is 0 Å². The number of hydrogen-bond acceptors (Lipinski definition) is 6. The maximum absolute atomic E-state index is 14.0. The zero-order valence-electron chi connectivity index (χ0n) is 20.6. The smallest absolute Gasteiger partial charge is 0.252 e. The highest BCUT2D eigenvalue weighted by Gasteiger charge is 2.31. The van der Waals surface area contributed by atoms with E-state index >= 15 is 0 Å². The van der Waals surface area contributed by atoms with E-state index in [1.54, 1.807) is 59.5 Å². The number of carbonyl (C=O) groups is 2. The number of amides is 2. The third-order valence-electron chi connectivity index (χ3n) is 6.25. The fraction of sp³-hybridized carbons (Fsp3) is 0.259. The van der Waals surface area contributed by atoms with Gasteiger partial charge in [0.15, 0.2) is 9.84 Å². The highest BCUT2D eigenvalue weighted by atomic mass is 32.2. The Bertz CT molecular complexity index is 1390. The molecule has 8 nitrogen and oxygen atoms in total. The lowest BCUT2D eigenvalue weighted by molar-refractivity contribution is -0.133. The van der Waals surface area contributed by atoms with Gasteiger partial charge in [0.25, 0.3) is 5.91 Å². The minimum atomic E-state index is -3.42. The topological polar surface area (TPSA) is 96.0 Å². The maximum Gasteiger partial charge on any atom is 0.252 e. The summed E-state index contributed by atoms with van der Waals surface area (Å²) in [5, 5.41) is 2.75. The molecule has 1 aliphatic rings. The van der Waals surface area contributed by atoms with Crippen LogP contribution in [0.15, 0.2) is 77.7 Å². The summed E-state index contributed by atoms with van der Waals surface area (Å²) in [4.78, 5) is 30.3. The molecule has 0 radical (unpaired) electrons. The van der Waals surface area contributed by atoms with Crippen LogP contribution in [-0.4, -0.2) is 64.7 Å². The number of carbonyl (C=O) groups excluding carboxylic acids is 2. The quantitative estimate of drug-likeness (QED) is 0.510. The molecule has 1 aliphatic heterocycles. The Labute approximate surface area is 215 Å². The number of benzene rings is 3. The first-order chi connectivity index (χ1) is 17.7. The first-order valence-corrected chi connectivity index (χ1v) is 13.6. The van der Waals surface area contributed by atoms with Gasteiger partial charge in [-0.05, 0) is 54.1 Å². The number of piperazine rings is 1. The number of halogens is 1. The van der Waals surface area contributed by atoms with Crippen molar-refractivity contribution in [2.45, 2.75) is 10.9 Å². The molecule has 3 aromatic rings. The van der Waals surface area contributed by atoms with Crippen molar-refractivity contribution in [2.24, 2.45) is 0 Å². The van der Waals surface area contributed by atoms with E-state index in [1.165, 1.54) is 31.6 Å².